The third-order valence-corrected chi connectivity index (χ3v) is 4.54. The van der Waals surface area contributed by atoms with Crippen molar-refractivity contribution in [2.75, 3.05) is 38.7 Å². The molecule has 0 aliphatic heterocycles. The summed E-state index contributed by atoms with van der Waals surface area (Å²) < 4.78 is 22.2. The molecule has 3 N–H and O–H groups in total. The standard InChI is InChI=1S/C14H31N3O3S/c1-5-9-16-14(2,13(15)18)8-6-7-10-17(3)11-12-21(4,19)20/h16H,5-12H2,1-4H3,(H2,15,18). The van der Waals surface area contributed by atoms with Gasteiger partial charge in [-0.1, -0.05) is 6.92 Å². The summed E-state index contributed by atoms with van der Waals surface area (Å²) in [5, 5.41) is 3.21. The lowest BCUT2D eigenvalue weighted by Crippen LogP contribution is -2.53. The van der Waals surface area contributed by atoms with Crippen LogP contribution in [-0.2, 0) is 14.6 Å². The van der Waals surface area contributed by atoms with Crippen LogP contribution in [0.25, 0.3) is 0 Å². The van der Waals surface area contributed by atoms with Crippen molar-refractivity contribution in [2.24, 2.45) is 5.73 Å². The molecule has 0 aliphatic carbocycles. The van der Waals surface area contributed by atoms with E-state index in [-0.39, 0.29) is 11.7 Å². The van der Waals surface area contributed by atoms with E-state index in [1.807, 2.05) is 25.8 Å². The van der Waals surface area contributed by atoms with Crippen molar-refractivity contribution in [1.82, 2.24) is 10.2 Å². The Balaban J connectivity index is 4.02. The lowest BCUT2D eigenvalue weighted by Gasteiger charge is -2.27. The van der Waals surface area contributed by atoms with Crippen molar-refractivity contribution in [3.8, 4) is 0 Å². The molecule has 0 bridgehead atoms. The van der Waals surface area contributed by atoms with Gasteiger partial charge in [-0.05, 0) is 52.7 Å². The molecule has 126 valence electrons. The number of hydrogen-bond donors (Lipinski definition) is 2. The number of amides is 1. The molecule has 0 aromatic carbocycles. The van der Waals surface area contributed by atoms with Crippen molar-refractivity contribution in [1.29, 1.82) is 0 Å². The number of carbonyl (C=O) groups excluding carboxylic acids is 1. The molecule has 0 heterocycles. The predicted octanol–water partition coefficient (Wildman–Crippen LogP) is 0.377. The zero-order chi connectivity index (χ0) is 16.5. The Labute approximate surface area is 129 Å². The van der Waals surface area contributed by atoms with Crippen molar-refractivity contribution >= 4 is 15.7 Å². The minimum atomic E-state index is -2.91. The monoisotopic (exact) mass is 321 g/mol. The fourth-order valence-corrected chi connectivity index (χ4v) is 2.64. The summed E-state index contributed by atoms with van der Waals surface area (Å²) in [6.45, 7) is 6.02. The Hall–Kier alpha value is -0.660. The van der Waals surface area contributed by atoms with E-state index in [4.69, 9.17) is 5.73 Å². The van der Waals surface area contributed by atoms with Gasteiger partial charge in [-0.2, -0.15) is 0 Å². The van der Waals surface area contributed by atoms with Gasteiger partial charge < -0.3 is 16.0 Å². The summed E-state index contributed by atoms with van der Waals surface area (Å²) >= 11 is 0. The second-order valence-corrected chi connectivity index (χ2v) is 8.27. The zero-order valence-corrected chi connectivity index (χ0v) is 14.6. The van der Waals surface area contributed by atoms with E-state index in [0.717, 1.165) is 32.4 Å². The maximum absolute atomic E-state index is 11.6. The first-order valence-corrected chi connectivity index (χ1v) is 9.58. The van der Waals surface area contributed by atoms with E-state index >= 15 is 0 Å². The first-order chi connectivity index (χ1) is 9.60. The number of nitrogens with one attached hydrogen (secondary N) is 1. The quantitative estimate of drug-likeness (QED) is 0.507. The van der Waals surface area contributed by atoms with Gasteiger partial charge >= 0.3 is 0 Å². The molecule has 7 heteroatoms. The average Bonchev–Trinajstić information content (AvgIpc) is 2.38. The van der Waals surface area contributed by atoms with E-state index in [2.05, 4.69) is 5.32 Å². The highest BCUT2D eigenvalue weighted by Gasteiger charge is 2.29. The molecule has 6 nitrogen and oxygen atoms in total. The molecule has 0 radical (unpaired) electrons. The summed E-state index contributed by atoms with van der Waals surface area (Å²) in [5.74, 6) is -0.137. The fraction of sp³-hybridized carbons (Fsp3) is 0.929. The molecule has 1 unspecified atom stereocenters. The van der Waals surface area contributed by atoms with Crippen molar-refractivity contribution in [3.63, 3.8) is 0 Å². The first-order valence-electron chi connectivity index (χ1n) is 7.52. The third kappa shape index (κ3) is 9.82. The van der Waals surface area contributed by atoms with Crippen LogP contribution in [0.15, 0.2) is 0 Å². The molecule has 0 saturated heterocycles. The van der Waals surface area contributed by atoms with E-state index < -0.39 is 15.4 Å². The summed E-state index contributed by atoms with van der Waals surface area (Å²) in [7, 11) is -0.997. The molecule has 0 saturated carbocycles. The molecular weight excluding hydrogens is 290 g/mol. The summed E-state index contributed by atoms with van der Waals surface area (Å²) in [4.78, 5) is 13.6. The number of hydrogen-bond acceptors (Lipinski definition) is 5. The maximum atomic E-state index is 11.6. The van der Waals surface area contributed by atoms with Crippen molar-refractivity contribution in [2.45, 2.75) is 45.1 Å². The Morgan fingerprint density at radius 2 is 1.90 bits per heavy atom. The molecule has 0 spiro atoms. The zero-order valence-electron chi connectivity index (χ0n) is 13.8. The van der Waals surface area contributed by atoms with E-state index in [1.165, 1.54) is 6.26 Å². The molecule has 21 heavy (non-hydrogen) atoms. The van der Waals surface area contributed by atoms with Crippen LogP contribution in [0.4, 0.5) is 0 Å². The summed E-state index contributed by atoms with van der Waals surface area (Å²) in [5.41, 5.74) is 4.82. The lowest BCUT2D eigenvalue weighted by molar-refractivity contribution is -0.124. The van der Waals surface area contributed by atoms with Crippen LogP contribution in [0.1, 0.15) is 39.5 Å². The first kappa shape index (κ1) is 20.3. The highest BCUT2D eigenvalue weighted by molar-refractivity contribution is 7.90. The Morgan fingerprint density at radius 1 is 1.29 bits per heavy atom. The van der Waals surface area contributed by atoms with E-state index in [1.54, 1.807) is 0 Å². The predicted molar refractivity (Wildman–Crippen MR) is 87.0 cm³/mol. The third-order valence-electron chi connectivity index (χ3n) is 3.62. The number of primary amides is 1. The van der Waals surface area contributed by atoms with Gasteiger partial charge in [0.2, 0.25) is 5.91 Å². The molecule has 0 aromatic heterocycles. The van der Waals surface area contributed by atoms with Crippen LogP contribution in [-0.4, -0.2) is 63.5 Å². The normalized spacial score (nSPS) is 15.1. The minimum absolute atomic E-state index is 0.181. The van der Waals surface area contributed by atoms with Crippen LogP contribution in [0.5, 0.6) is 0 Å². The number of nitrogens with zero attached hydrogens (tertiary/aromatic N) is 1. The van der Waals surface area contributed by atoms with E-state index in [0.29, 0.717) is 13.0 Å². The van der Waals surface area contributed by atoms with Crippen LogP contribution >= 0.6 is 0 Å². The van der Waals surface area contributed by atoms with E-state index in [9.17, 15) is 13.2 Å². The van der Waals surface area contributed by atoms with Gasteiger partial charge in [-0.25, -0.2) is 8.42 Å². The molecule has 1 atom stereocenters. The Bertz CT molecular complexity index is 412. The molecular formula is C14H31N3O3S. The second-order valence-electron chi connectivity index (χ2n) is 6.01. The largest absolute Gasteiger partial charge is 0.368 e. The number of rotatable bonds is 12. The smallest absolute Gasteiger partial charge is 0.237 e. The minimum Gasteiger partial charge on any atom is -0.368 e. The van der Waals surface area contributed by atoms with Gasteiger partial charge in [-0.3, -0.25) is 4.79 Å². The van der Waals surface area contributed by atoms with Gasteiger partial charge in [0, 0.05) is 12.8 Å². The Kier molecular flexibility index (Phi) is 9.08. The summed E-state index contributed by atoms with van der Waals surface area (Å²) in [6.07, 6.45) is 4.69. The molecule has 1 amide bonds. The number of carbonyl (C=O) groups is 1. The van der Waals surface area contributed by atoms with Gasteiger partial charge in [-0.15, -0.1) is 0 Å². The summed E-state index contributed by atoms with van der Waals surface area (Å²) in [6, 6.07) is 0. The van der Waals surface area contributed by atoms with Crippen molar-refractivity contribution < 1.29 is 13.2 Å². The molecule has 0 rings (SSSR count). The van der Waals surface area contributed by atoms with Crippen LogP contribution in [0.2, 0.25) is 0 Å². The van der Waals surface area contributed by atoms with Gasteiger partial charge in [0.25, 0.3) is 0 Å². The number of unbranched alkanes of at least 4 members (excludes halogenated alkanes) is 1. The van der Waals surface area contributed by atoms with Crippen LogP contribution < -0.4 is 11.1 Å². The second kappa shape index (κ2) is 9.38. The van der Waals surface area contributed by atoms with Crippen LogP contribution in [0.3, 0.4) is 0 Å². The average molecular weight is 321 g/mol. The topological polar surface area (TPSA) is 92.5 Å². The highest BCUT2D eigenvalue weighted by Crippen LogP contribution is 2.14. The molecule has 0 aliphatic rings. The molecule has 0 aromatic rings. The Morgan fingerprint density at radius 3 is 2.38 bits per heavy atom. The maximum Gasteiger partial charge on any atom is 0.237 e. The highest BCUT2D eigenvalue weighted by atomic mass is 32.2. The fourth-order valence-electron chi connectivity index (χ4n) is 1.99. The number of sulfone groups is 1. The number of nitrogens with two attached hydrogens (primary N) is 1. The van der Waals surface area contributed by atoms with Gasteiger partial charge in [0.15, 0.2) is 0 Å². The SMILES string of the molecule is CCCNC(C)(CCCCN(C)CCS(C)(=O)=O)C(N)=O. The van der Waals surface area contributed by atoms with Gasteiger partial charge in [0.1, 0.15) is 9.84 Å². The lowest BCUT2D eigenvalue weighted by atomic mass is 9.93. The van der Waals surface area contributed by atoms with Crippen LogP contribution in [0, 0.1) is 0 Å². The van der Waals surface area contributed by atoms with Gasteiger partial charge in [0.05, 0.1) is 11.3 Å². The van der Waals surface area contributed by atoms with Crippen molar-refractivity contribution in [3.05, 3.63) is 0 Å². The molecule has 0 fully saturated rings.